The SMILES string of the molecule is Cc1cnn(CC(C)NCC(=O)NCC2CCCc3ccccc32)c1. The van der Waals surface area contributed by atoms with Crippen LogP contribution >= 0.6 is 0 Å². The summed E-state index contributed by atoms with van der Waals surface area (Å²) >= 11 is 0. The highest BCUT2D eigenvalue weighted by Crippen LogP contribution is 2.30. The van der Waals surface area contributed by atoms with Gasteiger partial charge in [0.05, 0.1) is 19.3 Å². The highest BCUT2D eigenvalue weighted by molar-refractivity contribution is 5.78. The van der Waals surface area contributed by atoms with E-state index in [4.69, 9.17) is 0 Å². The molecule has 0 aliphatic heterocycles. The fourth-order valence-corrected chi connectivity index (χ4v) is 3.54. The van der Waals surface area contributed by atoms with E-state index in [9.17, 15) is 4.79 Å². The Bertz CT molecular complexity index is 709. The molecule has 0 bridgehead atoms. The van der Waals surface area contributed by atoms with Gasteiger partial charge in [-0.15, -0.1) is 0 Å². The van der Waals surface area contributed by atoms with E-state index in [0.29, 0.717) is 12.5 Å². The first-order valence-corrected chi connectivity index (χ1v) is 9.19. The van der Waals surface area contributed by atoms with Crippen LogP contribution in [0.4, 0.5) is 0 Å². The third-order valence-electron chi connectivity index (χ3n) is 4.87. The smallest absolute Gasteiger partial charge is 0.233 e. The molecule has 2 aromatic rings. The van der Waals surface area contributed by atoms with Crippen molar-refractivity contribution < 1.29 is 4.79 Å². The number of aryl methyl sites for hydroxylation is 2. The Morgan fingerprint density at radius 3 is 3.04 bits per heavy atom. The molecule has 2 N–H and O–H groups in total. The molecule has 0 spiro atoms. The van der Waals surface area contributed by atoms with Crippen LogP contribution in [0.5, 0.6) is 0 Å². The van der Waals surface area contributed by atoms with Gasteiger partial charge >= 0.3 is 0 Å². The summed E-state index contributed by atoms with van der Waals surface area (Å²) in [6, 6.07) is 8.81. The van der Waals surface area contributed by atoms with Crippen LogP contribution in [-0.4, -0.2) is 34.8 Å². The molecule has 1 aliphatic carbocycles. The molecule has 25 heavy (non-hydrogen) atoms. The molecule has 1 aliphatic rings. The maximum absolute atomic E-state index is 12.2. The lowest BCUT2D eigenvalue weighted by molar-refractivity contribution is -0.120. The van der Waals surface area contributed by atoms with Crippen LogP contribution in [0.1, 0.15) is 42.4 Å². The normalized spacial score (nSPS) is 17.8. The van der Waals surface area contributed by atoms with Gasteiger partial charge in [0.2, 0.25) is 5.91 Å². The number of benzene rings is 1. The summed E-state index contributed by atoms with van der Waals surface area (Å²) in [5, 5.41) is 10.6. The number of hydrogen-bond donors (Lipinski definition) is 2. The summed E-state index contributed by atoms with van der Waals surface area (Å²) < 4.78 is 1.91. The molecule has 1 heterocycles. The van der Waals surface area contributed by atoms with Crippen molar-refractivity contribution in [3.63, 3.8) is 0 Å². The number of amides is 1. The van der Waals surface area contributed by atoms with Gasteiger partial charge < -0.3 is 10.6 Å². The monoisotopic (exact) mass is 340 g/mol. The molecule has 0 saturated carbocycles. The van der Waals surface area contributed by atoms with E-state index in [1.165, 1.54) is 17.5 Å². The van der Waals surface area contributed by atoms with Crippen molar-refractivity contribution in [2.24, 2.45) is 0 Å². The van der Waals surface area contributed by atoms with E-state index in [2.05, 4.69) is 46.9 Å². The summed E-state index contributed by atoms with van der Waals surface area (Å²) in [6.45, 7) is 5.93. The average molecular weight is 340 g/mol. The first-order valence-electron chi connectivity index (χ1n) is 9.19. The number of rotatable bonds is 7. The minimum Gasteiger partial charge on any atom is -0.354 e. The van der Waals surface area contributed by atoms with Crippen molar-refractivity contribution in [3.8, 4) is 0 Å². The number of carbonyl (C=O) groups is 1. The standard InChI is InChI=1S/C20H28N4O/c1-15-10-23-24(13-15)14-16(2)21-12-20(25)22-11-18-8-5-7-17-6-3-4-9-19(17)18/h3-4,6,9-10,13,16,18,21H,5,7-8,11-12,14H2,1-2H3,(H,22,25). The molecule has 3 rings (SSSR count). The number of fused-ring (bicyclic) bond motifs is 1. The Balaban J connectivity index is 1.41. The zero-order chi connectivity index (χ0) is 17.6. The van der Waals surface area contributed by atoms with E-state index in [1.807, 2.05) is 24.0 Å². The summed E-state index contributed by atoms with van der Waals surface area (Å²) in [5.74, 6) is 0.505. The van der Waals surface area contributed by atoms with Gasteiger partial charge in [-0.25, -0.2) is 0 Å². The van der Waals surface area contributed by atoms with Gasteiger partial charge in [0.25, 0.3) is 0 Å². The molecule has 0 radical (unpaired) electrons. The van der Waals surface area contributed by atoms with Crippen molar-refractivity contribution in [2.45, 2.75) is 51.6 Å². The van der Waals surface area contributed by atoms with Gasteiger partial charge in [-0.2, -0.15) is 5.10 Å². The fraction of sp³-hybridized carbons (Fsp3) is 0.500. The second-order valence-electron chi connectivity index (χ2n) is 7.11. The van der Waals surface area contributed by atoms with E-state index in [1.54, 1.807) is 0 Å². The Labute approximate surface area is 149 Å². The molecule has 0 saturated heterocycles. The van der Waals surface area contributed by atoms with E-state index in [0.717, 1.165) is 31.5 Å². The van der Waals surface area contributed by atoms with Gasteiger partial charge in [0, 0.05) is 24.7 Å². The Morgan fingerprint density at radius 1 is 1.40 bits per heavy atom. The molecule has 0 fully saturated rings. The highest BCUT2D eigenvalue weighted by atomic mass is 16.1. The van der Waals surface area contributed by atoms with Crippen LogP contribution in [0.3, 0.4) is 0 Å². The van der Waals surface area contributed by atoms with Gasteiger partial charge in [0.15, 0.2) is 0 Å². The molecule has 1 aromatic heterocycles. The fourth-order valence-electron chi connectivity index (χ4n) is 3.54. The van der Waals surface area contributed by atoms with Crippen LogP contribution in [0.25, 0.3) is 0 Å². The predicted octanol–water partition coefficient (Wildman–Crippen LogP) is 2.41. The zero-order valence-electron chi connectivity index (χ0n) is 15.2. The van der Waals surface area contributed by atoms with Crippen molar-refractivity contribution in [3.05, 3.63) is 53.3 Å². The zero-order valence-corrected chi connectivity index (χ0v) is 15.2. The maximum Gasteiger partial charge on any atom is 0.233 e. The van der Waals surface area contributed by atoms with Crippen molar-refractivity contribution in [1.82, 2.24) is 20.4 Å². The van der Waals surface area contributed by atoms with Gasteiger partial charge in [0.1, 0.15) is 0 Å². The van der Waals surface area contributed by atoms with Gasteiger partial charge in [-0.1, -0.05) is 24.3 Å². The van der Waals surface area contributed by atoms with Crippen molar-refractivity contribution >= 4 is 5.91 Å². The molecular weight excluding hydrogens is 312 g/mol. The summed E-state index contributed by atoms with van der Waals surface area (Å²) in [7, 11) is 0. The van der Waals surface area contributed by atoms with Crippen molar-refractivity contribution in [2.75, 3.05) is 13.1 Å². The second kappa shape index (κ2) is 8.30. The number of nitrogens with one attached hydrogen (secondary N) is 2. The van der Waals surface area contributed by atoms with Crippen LogP contribution in [0.15, 0.2) is 36.7 Å². The quantitative estimate of drug-likeness (QED) is 0.814. The third-order valence-corrected chi connectivity index (χ3v) is 4.87. The number of hydrogen-bond acceptors (Lipinski definition) is 3. The van der Waals surface area contributed by atoms with Crippen LogP contribution in [0, 0.1) is 6.92 Å². The molecule has 5 nitrogen and oxygen atoms in total. The Hall–Kier alpha value is -2.14. The first-order chi connectivity index (χ1) is 12.1. The average Bonchev–Trinajstić information content (AvgIpc) is 3.02. The van der Waals surface area contributed by atoms with E-state index < -0.39 is 0 Å². The predicted molar refractivity (Wildman–Crippen MR) is 99.6 cm³/mol. The second-order valence-corrected chi connectivity index (χ2v) is 7.11. The number of nitrogens with zero attached hydrogens (tertiary/aromatic N) is 2. The highest BCUT2D eigenvalue weighted by Gasteiger charge is 2.20. The molecular formula is C20H28N4O. The topological polar surface area (TPSA) is 59.0 Å². The van der Waals surface area contributed by atoms with Crippen LogP contribution in [0.2, 0.25) is 0 Å². The lowest BCUT2D eigenvalue weighted by Gasteiger charge is -2.25. The molecule has 134 valence electrons. The van der Waals surface area contributed by atoms with Gasteiger partial charge in [-0.3, -0.25) is 9.48 Å². The largest absolute Gasteiger partial charge is 0.354 e. The minimum atomic E-state index is 0.0616. The maximum atomic E-state index is 12.2. The summed E-state index contributed by atoms with van der Waals surface area (Å²) in [6.07, 6.45) is 7.38. The molecule has 2 atom stereocenters. The van der Waals surface area contributed by atoms with E-state index in [-0.39, 0.29) is 11.9 Å². The third kappa shape index (κ3) is 4.92. The Morgan fingerprint density at radius 2 is 2.24 bits per heavy atom. The Kier molecular flexibility index (Phi) is 5.87. The number of aromatic nitrogens is 2. The van der Waals surface area contributed by atoms with Gasteiger partial charge in [-0.05, 0) is 49.8 Å². The van der Waals surface area contributed by atoms with Crippen LogP contribution in [-0.2, 0) is 17.8 Å². The lowest BCUT2D eigenvalue weighted by Crippen LogP contribution is -2.41. The first kappa shape index (κ1) is 17.7. The number of carbonyl (C=O) groups excluding carboxylic acids is 1. The molecule has 1 aromatic carbocycles. The molecule has 1 amide bonds. The molecule has 5 heteroatoms. The minimum absolute atomic E-state index is 0.0616. The van der Waals surface area contributed by atoms with E-state index >= 15 is 0 Å². The van der Waals surface area contributed by atoms with Crippen LogP contribution < -0.4 is 10.6 Å². The van der Waals surface area contributed by atoms with Crippen molar-refractivity contribution in [1.29, 1.82) is 0 Å². The lowest BCUT2D eigenvalue weighted by atomic mass is 9.83. The summed E-state index contributed by atoms with van der Waals surface area (Å²) in [4.78, 5) is 12.2. The summed E-state index contributed by atoms with van der Waals surface area (Å²) in [5.41, 5.74) is 4.00. The molecule has 2 unspecified atom stereocenters.